The third-order valence-electron chi connectivity index (χ3n) is 7.09. The number of aromatic amines is 1. The molecule has 1 N–H and O–H groups in total. The van der Waals surface area contributed by atoms with Crippen molar-refractivity contribution in [3.63, 3.8) is 0 Å². The first-order valence-corrected chi connectivity index (χ1v) is 16.1. The fourth-order valence-electron chi connectivity index (χ4n) is 5.40. The second-order valence-corrected chi connectivity index (χ2v) is 14.4. The van der Waals surface area contributed by atoms with Gasteiger partial charge in [0, 0.05) is 13.1 Å². The number of aromatic nitrogens is 2. The average molecular weight is 843 g/mol. The largest absolute Gasteiger partial charge is 0.444 e. The van der Waals surface area contributed by atoms with E-state index in [4.69, 9.17) is 36.8 Å². The normalized spacial score (nSPS) is 18.7. The summed E-state index contributed by atoms with van der Waals surface area (Å²) >= 11 is 22.3. The molecule has 4 heterocycles. The van der Waals surface area contributed by atoms with E-state index in [-0.39, 0.29) is 51.2 Å². The van der Waals surface area contributed by atoms with E-state index in [1.54, 1.807) is 9.80 Å². The van der Waals surface area contributed by atoms with Crippen molar-refractivity contribution in [3.05, 3.63) is 47.1 Å². The zero-order chi connectivity index (χ0) is 34.1. The Bertz CT molecular complexity index is 1870. The van der Waals surface area contributed by atoms with Crippen LogP contribution in [0.25, 0.3) is 22.2 Å². The number of H-pyrrole nitrogens is 1. The van der Waals surface area contributed by atoms with Gasteiger partial charge in [0.2, 0.25) is 0 Å². The number of carbonyl (C=O) groups excluding carboxylic acids is 1. The lowest BCUT2D eigenvalue weighted by Crippen LogP contribution is -2.56. The van der Waals surface area contributed by atoms with E-state index in [2.05, 4.69) is 54.0 Å². The summed E-state index contributed by atoms with van der Waals surface area (Å²) in [7, 11) is 0. The third-order valence-corrected chi connectivity index (χ3v) is 9.05. The van der Waals surface area contributed by atoms with Crippen molar-refractivity contribution in [1.82, 2.24) is 14.9 Å². The maximum Gasteiger partial charge on any atom is 0.420 e. The van der Waals surface area contributed by atoms with Gasteiger partial charge in [-0.2, -0.15) is 31.3 Å². The maximum absolute atomic E-state index is 13.5. The van der Waals surface area contributed by atoms with Gasteiger partial charge in [-0.1, -0.05) is 23.2 Å². The van der Waals surface area contributed by atoms with Gasteiger partial charge in [0.1, 0.15) is 22.2 Å². The summed E-state index contributed by atoms with van der Waals surface area (Å²) < 4.78 is 95.5. The van der Waals surface area contributed by atoms with Crippen LogP contribution in [0.2, 0.25) is 10.0 Å². The van der Waals surface area contributed by atoms with Crippen molar-refractivity contribution in [2.45, 2.75) is 63.7 Å². The van der Waals surface area contributed by atoms with Crippen LogP contribution in [-0.4, -0.2) is 51.7 Å². The van der Waals surface area contributed by atoms with Crippen molar-refractivity contribution >= 4 is 102 Å². The number of hydrogen-bond donors (Lipinski definition) is 1. The Morgan fingerprint density at radius 1 is 0.957 bits per heavy atom. The fourth-order valence-corrected chi connectivity index (χ4v) is 7.47. The second kappa shape index (κ2) is 12.3. The molecule has 19 heteroatoms. The molecule has 2 unspecified atom stereocenters. The molecule has 2 aromatic carbocycles. The van der Waals surface area contributed by atoms with Crippen molar-refractivity contribution in [2.75, 3.05) is 18.0 Å². The molecule has 1 amide bonds. The zero-order valence-electron chi connectivity index (χ0n) is 23.8. The molecule has 2 bridgehead atoms. The molecule has 0 radical (unpaired) electrons. The number of halogens is 10. The Morgan fingerprint density at radius 2 is 1.48 bits per heavy atom. The average Bonchev–Trinajstić information content (AvgIpc) is 3.55. The predicted molar refractivity (Wildman–Crippen MR) is 168 cm³/mol. The van der Waals surface area contributed by atoms with Gasteiger partial charge in [0.05, 0.1) is 36.6 Å². The molecular formula is C27H22Br2Cl2F6N4O4S. The number of nitrogens with zero attached hydrogens (tertiary/aromatic N) is 3. The van der Waals surface area contributed by atoms with Crippen molar-refractivity contribution in [2.24, 2.45) is 0 Å². The summed E-state index contributed by atoms with van der Waals surface area (Å²) in [6.45, 7) is 6.22. The number of nitrogens with one attached hydrogen (secondary N) is 1. The van der Waals surface area contributed by atoms with Gasteiger partial charge in [-0.15, -0.1) is 0 Å². The highest BCUT2D eigenvalue weighted by Gasteiger charge is 2.46. The van der Waals surface area contributed by atoms with Crippen LogP contribution < -0.4 is 4.90 Å². The molecular weight excluding hydrogens is 821 g/mol. The minimum Gasteiger partial charge on any atom is -0.444 e. The van der Waals surface area contributed by atoms with E-state index < -0.39 is 39.1 Å². The summed E-state index contributed by atoms with van der Waals surface area (Å²) in [5, 5.41) is -0.865. The minimum absolute atomic E-state index is 0.00160. The smallest absolute Gasteiger partial charge is 0.420 e. The van der Waals surface area contributed by atoms with E-state index in [1.165, 1.54) is 0 Å². The molecule has 8 nitrogen and oxygen atoms in total. The van der Waals surface area contributed by atoms with Crippen LogP contribution in [0.3, 0.4) is 0 Å². The molecule has 2 aliphatic heterocycles. The molecule has 46 heavy (non-hydrogen) atoms. The molecule has 0 spiro atoms. The quantitative estimate of drug-likeness (QED) is 0.151. The molecule has 250 valence electrons. The van der Waals surface area contributed by atoms with Gasteiger partial charge in [0.25, 0.3) is 10.9 Å². The topological polar surface area (TPSA) is 87.7 Å². The lowest BCUT2D eigenvalue weighted by atomic mass is 10.2. The van der Waals surface area contributed by atoms with Crippen LogP contribution in [0.15, 0.2) is 29.9 Å². The number of fused-ring (bicyclic) bond motifs is 4. The number of ether oxygens (including phenoxy) is 1. The van der Waals surface area contributed by atoms with Crippen LogP contribution in [0.4, 0.5) is 37.2 Å². The van der Waals surface area contributed by atoms with Gasteiger partial charge >= 0.3 is 18.4 Å². The fraction of sp³-hybridized carbons (Fsp3) is 0.444. The lowest BCUT2D eigenvalue weighted by molar-refractivity contribution is -0.137. The molecule has 2 aromatic heterocycles. The van der Waals surface area contributed by atoms with E-state index >= 15 is 0 Å². The first-order chi connectivity index (χ1) is 21.2. The highest BCUT2D eigenvalue weighted by atomic mass is 79.9. The van der Waals surface area contributed by atoms with Gasteiger partial charge < -0.3 is 23.5 Å². The number of rotatable bonds is 1. The Morgan fingerprint density at radius 3 is 2.00 bits per heavy atom. The van der Waals surface area contributed by atoms with E-state index in [0.717, 1.165) is 25.0 Å². The number of anilines is 1. The SMILES string of the molecule is CC(C)(C)OC(=O)N1C2CCC1CN(c1nc3c(C(F)(F)F)c(Cl)cc(Br)c3o1)C2.FC(F)(F)c1c(Cl)cc(Br)c2oc(=S)[nH]c12. The van der Waals surface area contributed by atoms with Crippen molar-refractivity contribution < 1.29 is 44.7 Å². The number of alkyl halides is 6. The van der Waals surface area contributed by atoms with E-state index in [9.17, 15) is 31.1 Å². The number of carbonyl (C=O) groups is 1. The molecule has 0 saturated carbocycles. The van der Waals surface area contributed by atoms with Crippen LogP contribution in [0, 0.1) is 4.84 Å². The van der Waals surface area contributed by atoms with Gasteiger partial charge in [0.15, 0.2) is 11.2 Å². The molecule has 2 atom stereocenters. The summed E-state index contributed by atoms with van der Waals surface area (Å²) in [4.78, 5) is 22.4. The molecule has 0 aliphatic carbocycles. The number of piperazine rings is 1. The molecule has 2 fully saturated rings. The highest BCUT2D eigenvalue weighted by molar-refractivity contribution is 9.11. The Labute approximate surface area is 288 Å². The monoisotopic (exact) mass is 840 g/mol. The Balaban J connectivity index is 0.000000219. The summed E-state index contributed by atoms with van der Waals surface area (Å²) in [6, 6.07) is 2.12. The zero-order valence-corrected chi connectivity index (χ0v) is 29.3. The summed E-state index contributed by atoms with van der Waals surface area (Å²) in [6.07, 6.45) is -8.05. The first kappa shape index (κ1) is 35.1. The van der Waals surface area contributed by atoms with Gasteiger partial charge in [-0.05, 0) is 89.8 Å². The third kappa shape index (κ3) is 6.98. The minimum atomic E-state index is -4.67. The Kier molecular flexibility index (Phi) is 9.42. The molecule has 4 aromatic rings. The van der Waals surface area contributed by atoms with Gasteiger partial charge in [-0.25, -0.2) is 4.79 Å². The molecule has 2 saturated heterocycles. The van der Waals surface area contributed by atoms with Crippen LogP contribution >= 0.6 is 67.3 Å². The lowest BCUT2D eigenvalue weighted by Gasteiger charge is -2.40. The summed E-state index contributed by atoms with van der Waals surface area (Å²) in [5.41, 5.74) is -3.20. The van der Waals surface area contributed by atoms with Crippen LogP contribution in [0.1, 0.15) is 44.7 Å². The number of hydrogen-bond acceptors (Lipinski definition) is 7. The Hall–Kier alpha value is -2.21. The van der Waals surface area contributed by atoms with Gasteiger partial charge in [-0.3, -0.25) is 4.90 Å². The van der Waals surface area contributed by atoms with Crippen molar-refractivity contribution in [1.29, 1.82) is 0 Å². The standard InChI is InChI=1S/C19H20BrClF3N3O3.C8H2BrClF3NOS/c1-18(2,3)30-17(28)27-9-4-5-10(27)8-26(7-9)16-25-14-13(19(22,23)24)12(21)6-11(20)15(14)29-16;9-2-1-3(10)4(8(11,12)13)5-6(2)15-7(16)14-5/h6,9-10H,4-5,7-8H2,1-3H3;1H,(H,14,16). The molecule has 2 aliphatic rings. The number of oxazole rings is 2. The van der Waals surface area contributed by atoms with Crippen LogP contribution in [0.5, 0.6) is 0 Å². The van der Waals surface area contributed by atoms with Crippen molar-refractivity contribution in [3.8, 4) is 0 Å². The second-order valence-electron chi connectivity index (χ2n) is 11.5. The number of amides is 1. The first-order valence-electron chi connectivity index (χ1n) is 13.4. The predicted octanol–water partition coefficient (Wildman–Crippen LogP) is 10.8. The maximum atomic E-state index is 13.5. The summed E-state index contributed by atoms with van der Waals surface area (Å²) in [5.74, 6) is 0. The molecule has 6 rings (SSSR count). The van der Waals surface area contributed by atoms with Crippen LogP contribution in [-0.2, 0) is 17.1 Å². The van der Waals surface area contributed by atoms with E-state index in [1.807, 2.05) is 20.8 Å². The highest BCUT2D eigenvalue weighted by Crippen LogP contribution is 2.45. The number of benzene rings is 2. The van der Waals surface area contributed by atoms with E-state index in [0.29, 0.717) is 22.0 Å².